The highest BCUT2D eigenvalue weighted by Crippen LogP contribution is 2.62. The Morgan fingerprint density at radius 1 is 0.692 bits per heavy atom. The van der Waals surface area contributed by atoms with Gasteiger partial charge in [-0.2, -0.15) is 0 Å². The van der Waals surface area contributed by atoms with Gasteiger partial charge in [0.15, 0.2) is 0 Å². The summed E-state index contributed by atoms with van der Waals surface area (Å²) in [5.41, 5.74) is 1.34. The summed E-state index contributed by atoms with van der Waals surface area (Å²) in [7, 11) is 0. The van der Waals surface area contributed by atoms with Gasteiger partial charge in [-0.25, -0.2) is 0 Å². The molecule has 0 aromatic carbocycles. The van der Waals surface area contributed by atoms with Gasteiger partial charge in [-0.15, -0.1) is 0 Å². The molecule has 0 aromatic heterocycles. The van der Waals surface area contributed by atoms with Crippen LogP contribution in [0.15, 0.2) is 0 Å². The zero-order valence-electron chi connectivity index (χ0n) is 19.1. The number of hydrogen-bond acceptors (Lipinski definition) is 0. The van der Waals surface area contributed by atoms with Crippen molar-refractivity contribution in [2.45, 2.75) is 113 Å². The molecule has 152 valence electrons. The normalized spacial score (nSPS) is 42.1. The quantitative estimate of drug-likeness (QED) is 0.464. The van der Waals surface area contributed by atoms with Crippen LogP contribution in [0.4, 0.5) is 0 Å². The summed E-state index contributed by atoms with van der Waals surface area (Å²) in [4.78, 5) is 0. The van der Waals surface area contributed by atoms with Gasteiger partial charge in [0, 0.05) is 0 Å². The molecular weight excluding hydrogens is 312 g/mol. The first kappa shape index (κ1) is 20.7. The Bertz CT molecular complexity index is 406. The Kier molecular flexibility index (Phi) is 6.21. The largest absolute Gasteiger partial charge is 0.0625 e. The molecule has 0 unspecified atom stereocenters. The summed E-state index contributed by atoms with van der Waals surface area (Å²) in [5.74, 6) is 7.24. The fraction of sp³-hybridized carbons (Fsp3) is 1.00. The van der Waals surface area contributed by atoms with Gasteiger partial charge in [0.25, 0.3) is 0 Å². The molecule has 4 bridgehead atoms. The molecule has 0 aliphatic heterocycles. The van der Waals surface area contributed by atoms with Crippen molar-refractivity contribution in [3.05, 3.63) is 0 Å². The van der Waals surface area contributed by atoms with Gasteiger partial charge in [-0.05, 0) is 116 Å². The second kappa shape index (κ2) is 7.79. The van der Waals surface area contributed by atoms with Crippen LogP contribution >= 0.6 is 0 Å². The van der Waals surface area contributed by atoms with Gasteiger partial charge in [0.2, 0.25) is 0 Å². The molecule has 0 aromatic rings. The van der Waals surface area contributed by atoms with Crippen molar-refractivity contribution in [1.29, 1.82) is 0 Å². The van der Waals surface area contributed by atoms with Gasteiger partial charge in [-0.3, -0.25) is 0 Å². The fourth-order valence-electron chi connectivity index (χ4n) is 7.54. The van der Waals surface area contributed by atoms with E-state index in [1.165, 1.54) is 25.7 Å². The van der Waals surface area contributed by atoms with E-state index < -0.39 is 0 Å². The van der Waals surface area contributed by atoms with Gasteiger partial charge >= 0.3 is 0 Å². The van der Waals surface area contributed by atoms with Gasteiger partial charge < -0.3 is 0 Å². The SMILES string of the molecule is CC(C)C12CC3CC(CC(C3)C1)C2.CC(C)C1CCC(C(C)(C)C)CC1. The molecule has 0 amide bonds. The smallest absolute Gasteiger partial charge is 0.0267 e. The van der Waals surface area contributed by atoms with Crippen LogP contribution in [0.1, 0.15) is 113 Å². The molecule has 5 rings (SSSR count). The molecule has 5 aliphatic rings. The Morgan fingerprint density at radius 3 is 1.42 bits per heavy atom. The van der Waals surface area contributed by atoms with Crippen molar-refractivity contribution in [1.82, 2.24) is 0 Å². The molecule has 0 heteroatoms. The van der Waals surface area contributed by atoms with Gasteiger partial charge in [0.1, 0.15) is 0 Å². The average molecular weight is 361 g/mol. The molecule has 0 N–H and O–H groups in total. The second-order valence-corrected chi connectivity index (χ2v) is 12.7. The molecule has 5 fully saturated rings. The highest BCUT2D eigenvalue weighted by molar-refractivity contribution is 5.02. The van der Waals surface area contributed by atoms with E-state index in [-0.39, 0.29) is 0 Å². The van der Waals surface area contributed by atoms with E-state index in [2.05, 4.69) is 48.5 Å². The molecule has 0 nitrogen and oxygen atoms in total. The van der Waals surface area contributed by atoms with E-state index in [1.807, 2.05) is 0 Å². The maximum atomic E-state index is 2.47. The van der Waals surface area contributed by atoms with Crippen LogP contribution in [0.25, 0.3) is 0 Å². The summed E-state index contributed by atoms with van der Waals surface area (Å²) in [6, 6.07) is 0. The van der Waals surface area contributed by atoms with E-state index in [0.717, 1.165) is 46.8 Å². The highest BCUT2D eigenvalue weighted by atomic mass is 14.6. The fourth-order valence-corrected chi connectivity index (χ4v) is 7.54. The lowest BCUT2D eigenvalue weighted by Crippen LogP contribution is -2.48. The molecule has 0 saturated heterocycles. The number of rotatable bonds is 2. The minimum Gasteiger partial charge on any atom is -0.0625 e. The lowest BCUT2D eigenvalue weighted by Gasteiger charge is -2.58. The lowest BCUT2D eigenvalue weighted by atomic mass is 9.47. The minimum atomic E-state index is 0.544. The predicted molar refractivity (Wildman–Crippen MR) is 115 cm³/mol. The molecule has 0 radical (unpaired) electrons. The molecule has 5 aliphatic carbocycles. The summed E-state index contributed by atoms with van der Waals surface area (Å²) in [6.45, 7) is 16.9. The molecular formula is C26H48. The zero-order valence-corrected chi connectivity index (χ0v) is 19.1. The van der Waals surface area contributed by atoms with E-state index in [9.17, 15) is 0 Å². The topological polar surface area (TPSA) is 0 Å². The summed E-state index contributed by atoms with van der Waals surface area (Å²) in [5, 5.41) is 0. The monoisotopic (exact) mass is 360 g/mol. The van der Waals surface area contributed by atoms with Crippen LogP contribution in [0.3, 0.4) is 0 Å². The van der Waals surface area contributed by atoms with Crippen molar-refractivity contribution in [3.8, 4) is 0 Å². The third-order valence-corrected chi connectivity index (χ3v) is 9.25. The Hall–Kier alpha value is 0. The van der Waals surface area contributed by atoms with Crippen LogP contribution in [0.5, 0.6) is 0 Å². The molecule has 26 heavy (non-hydrogen) atoms. The maximum Gasteiger partial charge on any atom is -0.0267 e. The third-order valence-electron chi connectivity index (χ3n) is 9.25. The summed E-state index contributed by atoms with van der Waals surface area (Å²) < 4.78 is 0. The van der Waals surface area contributed by atoms with Crippen molar-refractivity contribution in [2.75, 3.05) is 0 Å². The first-order chi connectivity index (χ1) is 12.1. The Balaban J connectivity index is 0.000000151. The zero-order chi connectivity index (χ0) is 19.1. The van der Waals surface area contributed by atoms with E-state index >= 15 is 0 Å². The van der Waals surface area contributed by atoms with E-state index in [0.29, 0.717) is 5.41 Å². The predicted octanol–water partition coefficient (Wildman–Crippen LogP) is 8.35. The molecule has 0 spiro atoms. The van der Waals surface area contributed by atoms with Crippen LogP contribution in [0, 0.1) is 52.3 Å². The third kappa shape index (κ3) is 4.52. The van der Waals surface area contributed by atoms with E-state index in [4.69, 9.17) is 0 Å². The average Bonchev–Trinajstić information content (AvgIpc) is 2.53. The standard InChI is InChI=1S/C13H22.C13H26/c1-9(2)13-6-10-3-11(7-13)5-12(4-10)8-13;1-10(2)11-6-8-12(9-7-11)13(3,4)5/h9-12H,3-8H2,1-2H3;10-12H,6-9H2,1-5H3. The summed E-state index contributed by atoms with van der Waals surface area (Å²) in [6.07, 6.45) is 15.4. The molecule has 0 heterocycles. The highest BCUT2D eigenvalue weighted by Gasteiger charge is 2.51. The minimum absolute atomic E-state index is 0.544. The maximum absolute atomic E-state index is 2.47. The van der Waals surface area contributed by atoms with Crippen LogP contribution < -0.4 is 0 Å². The second-order valence-electron chi connectivity index (χ2n) is 12.7. The van der Waals surface area contributed by atoms with Crippen LogP contribution in [-0.2, 0) is 0 Å². The number of hydrogen-bond donors (Lipinski definition) is 0. The Morgan fingerprint density at radius 2 is 1.12 bits per heavy atom. The Labute approximate surface area is 165 Å². The van der Waals surface area contributed by atoms with Crippen LogP contribution in [0.2, 0.25) is 0 Å². The van der Waals surface area contributed by atoms with Crippen molar-refractivity contribution in [2.24, 2.45) is 52.3 Å². The first-order valence-corrected chi connectivity index (χ1v) is 12.1. The van der Waals surface area contributed by atoms with E-state index in [1.54, 1.807) is 38.5 Å². The lowest BCUT2D eigenvalue weighted by molar-refractivity contribution is -0.0789. The van der Waals surface area contributed by atoms with Gasteiger partial charge in [-0.1, -0.05) is 48.5 Å². The summed E-state index contributed by atoms with van der Waals surface area (Å²) >= 11 is 0. The van der Waals surface area contributed by atoms with Crippen LogP contribution in [-0.4, -0.2) is 0 Å². The molecule has 5 saturated carbocycles. The van der Waals surface area contributed by atoms with Crippen molar-refractivity contribution >= 4 is 0 Å². The van der Waals surface area contributed by atoms with Gasteiger partial charge in [0.05, 0.1) is 0 Å². The first-order valence-electron chi connectivity index (χ1n) is 12.1. The van der Waals surface area contributed by atoms with Crippen molar-refractivity contribution in [3.63, 3.8) is 0 Å². The molecule has 0 atom stereocenters. The van der Waals surface area contributed by atoms with Crippen molar-refractivity contribution < 1.29 is 0 Å².